The molecule has 0 spiro atoms. The molecular formula is C27H35BrN4O3S. The summed E-state index contributed by atoms with van der Waals surface area (Å²) < 4.78 is 0.895. The quantitative estimate of drug-likeness (QED) is 0.429. The summed E-state index contributed by atoms with van der Waals surface area (Å²) >= 11 is 4.74. The number of rotatable bonds is 9. The number of carbonyl (C=O) groups is 3. The number of aryl methyl sites for hydroxylation is 1. The van der Waals surface area contributed by atoms with E-state index in [0.717, 1.165) is 54.1 Å². The van der Waals surface area contributed by atoms with Gasteiger partial charge in [-0.25, -0.2) is 0 Å². The Hall–Kier alpha value is -2.23. The van der Waals surface area contributed by atoms with Crippen molar-refractivity contribution in [2.24, 2.45) is 5.92 Å². The monoisotopic (exact) mass is 574 g/mol. The molecule has 1 unspecified atom stereocenters. The van der Waals surface area contributed by atoms with Crippen molar-refractivity contribution >= 4 is 50.7 Å². The van der Waals surface area contributed by atoms with Crippen LogP contribution < -0.4 is 15.5 Å². The number of halogens is 1. The molecule has 2 saturated heterocycles. The molecule has 2 aliphatic rings. The van der Waals surface area contributed by atoms with Crippen LogP contribution in [0.25, 0.3) is 0 Å². The summed E-state index contributed by atoms with van der Waals surface area (Å²) in [6.45, 7) is 8.17. The predicted molar refractivity (Wildman–Crippen MR) is 148 cm³/mol. The molecule has 0 saturated carbocycles. The van der Waals surface area contributed by atoms with Crippen LogP contribution in [0.5, 0.6) is 0 Å². The number of benzene rings is 1. The van der Waals surface area contributed by atoms with E-state index >= 15 is 0 Å². The molecule has 2 aliphatic heterocycles. The second kappa shape index (κ2) is 12.3. The van der Waals surface area contributed by atoms with Crippen LogP contribution in [0.3, 0.4) is 0 Å². The highest BCUT2D eigenvalue weighted by Gasteiger charge is 2.32. The lowest BCUT2D eigenvalue weighted by Crippen LogP contribution is -2.39. The predicted octanol–water partition coefficient (Wildman–Crippen LogP) is 4.60. The number of anilines is 1. The van der Waals surface area contributed by atoms with Gasteiger partial charge in [-0.1, -0.05) is 6.92 Å². The van der Waals surface area contributed by atoms with Crippen molar-refractivity contribution in [2.45, 2.75) is 52.0 Å². The molecule has 0 radical (unpaired) electrons. The second-order valence-electron chi connectivity index (χ2n) is 9.71. The Bertz CT molecular complexity index is 1100. The van der Waals surface area contributed by atoms with Gasteiger partial charge in [-0.05, 0) is 103 Å². The Morgan fingerprint density at radius 3 is 2.61 bits per heavy atom. The Morgan fingerprint density at radius 1 is 1.17 bits per heavy atom. The number of hydrogen-bond acceptors (Lipinski definition) is 5. The fourth-order valence-corrected chi connectivity index (χ4v) is 6.38. The lowest BCUT2D eigenvalue weighted by atomic mass is 9.91. The van der Waals surface area contributed by atoms with E-state index in [-0.39, 0.29) is 30.2 Å². The van der Waals surface area contributed by atoms with Gasteiger partial charge in [0.15, 0.2) is 0 Å². The third-order valence-corrected chi connectivity index (χ3v) is 8.75. The zero-order valence-corrected chi connectivity index (χ0v) is 23.4. The van der Waals surface area contributed by atoms with E-state index in [9.17, 15) is 14.4 Å². The maximum absolute atomic E-state index is 13.2. The zero-order valence-electron chi connectivity index (χ0n) is 21.0. The van der Waals surface area contributed by atoms with E-state index < -0.39 is 0 Å². The van der Waals surface area contributed by atoms with Gasteiger partial charge in [0.05, 0.1) is 14.7 Å². The summed E-state index contributed by atoms with van der Waals surface area (Å²) in [4.78, 5) is 42.7. The molecule has 194 valence electrons. The van der Waals surface area contributed by atoms with E-state index in [1.807, 2.05) is 36.1 Å². The summed E-state index contributed by atoms with van der Waals surface area (Å²) in [6.07, 6.45) is 4.80. The van der Waals surface area contributed by atoms with Crippen molar-refractivity contribution in [3.63, 3.8) is 0 Å². The number of thiophene rings is 1. The summed E-state index contributed by atoms with van der Waals surface area (Å²) in [6, 6.07) is 8.98. The van der Waals surface area contributed by atoms with Crippen LogP contribution in [0.4, 0.5) is 5.69 Å². The van der Waals surface area contributed by atoms with E-state index in [1.165, 1.54) is 24.2 Å². The van der Waals surface area contributed by atoms with Crippen molar-refractivity contribution in [1.29, 1.82) is 0 Å². The summed E-state index contributed by atoms with van der Waals surface area (Å²) in [5, 5.41) is 6.35. The van der Waals surface area contributed by atoms with Gasteiger partial charge >= 0.3 is 0 Å². The molecule has 1 atom stereocenters. The summed E-state index contributed by atoms with van der Waals surface area (Å²) in [7, 11) is 0. The lowest BCUT2D eigenvalue weighted by Gasteiger charge is -2.32. The number of nitrogens with zero attached hydrogens (tertiary/aromatic N) is 2. The Labute approximate surface area is 225 Å². The maximum atomic E-state index is 13.2. The van der Waals surface area contributed by atoms with Crippen LogP contribution in [0.2, 0.25) is 0 Å². The average molecular weight is 576 g/mol. The second-order valence-corrected chi connectivity index (χ2v) is 12.2. The third kappa shape index (κ3) is 6.55. The summed E-state index contributed by atoms with van der Waals surface area (Å²) in [5.41, 5.74) is 2.34. The van der Waals surface area contributed by atoms with Gasteiger partial charge in [0.2, 0.25) is 5.91 Å². The fraction of sp³-hybridized carbons (Fsp3) is 0.519. The molecule has 2 aromatic rings. The molecule has 0 bridgehead atoms. The standard InChI is InChI=1S/C27H35BrN4O3S/c1-3-29-12-4-5-19-10-13-31(14-11-19)27(35)22-7-6-21(15-18(22)2)32-17-20(16-25(32)33)30-26(34)23-8-9-24(28)36-23/h6-9,15,19-20,29H,3-5,10-14,16-17H2,1-2H3,(H,30,34). The van der Waals surface area contributed by atoms with Crippen molar-refractivity contribution in [1.82, 2.24) is 15.5 Å². The van der Waals surface area contributed by atoms with Gasteiger partial charge in [-0.3, -0.25) is 14.4 Å². The topological polar surface area (TPSA) is 81.8 Å². The van der Waals surface area contributed by atoms with Gasteiger partial charge in [-0.2, -0.15) is 0 Å². The average Bonchev–Trinajstić information content (AvgIpc) is 3.47. The first kappa shape index (κ1) is 26.8. The van der Waals surface area contributed by atoms with Gasteiger partial charge < -0.3 is 20.4 Å². The fourth-order valence-electron chi connectivity index (χ4n) is 5.09. The maximum Gasteiger partial charge on any atom is 0.261 e. The molecule has 7 nitrogen and oxygen atoms in total. The number of likely N-dealkylation sites (tertiary alicyclic amines) is 1. The van der Waals surface area contributed by atoms with Gasteiger partial charge in [0, 0.05) is 37.3 Å². The largest absolute Gasteiger partial charge is 0.346 e. The van der Waals surface area contributed by atoms with Crippen LogP contribution in [-0.4, -0.2) is 61.4 Å². The number of nitrogens with one attached hydrogen (secondary N) is 2. The van der Waals surface area contributed by atoms with Gasteiger partial charge in [0.25, 0.3) is 11.8 Å². The van der Waals surface area contributed by atoms with Crippen molar-refractivity contribution in [3.8, 4) is 0 Å². The Balaban J connectivity index is 1.32. The molecular weight excluding hydrogens is 540 g/mol. The smallest absolute Gasteiger partial charge is 0.261 e. The highest BCUT2D eigenvalue weighted by molar-refractivity contribution is 9.11. The van der Waals surface area contributed by atoms with Crippen molar-refractivity contribution in [3.05, 3.63) is 50.1 Å². The first-order valence-corrected chi connectivity index (χ1v) is 14.4. The molecule has 2 fully saturated rings. The first-order chi connectivity index (χ1) is 17.4. The lowest BCUT2D eigenvalue weighted by molar-refractivity contribution is -0.117. The van der Waals surface area contributed by atoms with E-state index in [4.69, 9.17) is 0 Å². The highest BCUT2D eigenvalue weighted by Crippen LogP contribution is 2.28. The van der Waals surface area contributed by atoms with Crippen LogP contribution in [0.15, 0.2) is 34.1 Å². The minimum Gasteiger partial charge on any atom is -0.346 e. The molecule has 36 heavy (non-hydrogen) atoms. The normalized spacial score (nSPS) is 18.6. The molecule has 0 aliphatic carbocycles. The molecule has 3 amide bonds. The first-order valence-electron chi connectivity index (χ1n) is 12.8. The Morgan fingerprint density at radius 2 is 1.94 bits per heavy atom. The number of carbonyl (C=O) groups excluding carboxylic acids is 3. The highest BCUT2D eigenvalue weighted by atomic mass is 79.9. The van der Waals surface area contributed by atoms with E-state index in [2.05, 4.69) is 33.5 Å². The SMILES string of the molecule is CCNCCCC1CCN(C(=O)c2ccc(N3CC(NC(=O)c4ccc(Br)s4)CC3=O)cc2C)CC1. The Kier molecular flexibility index (Phi) is 9.19. The minimum absolute atomic E-state index is 0.0256. The van der Waals surface area contributed by atoms with Gasteiger partial charge in [-0.15, -0.1) is 11.3 Å². The minimum atomic E-state index is -0.244. The molecule has 1 aromatic heterocycles. The number of amides is 3. The third-order valence-electron chi connectivity index (χ3n) is 7.13. The van der Waals surface area contributed by atoms with Crippen molar-refractivity contribution in [2.75, 3.05) is 37.6 Å². The van der Waals surface area contributed by atoms with Crippen LogP contribution in [0, 0.1) is 12.8 Å². The van der Waals surface area contributed by atoms with Crippen LogP contribution in [0.1, 0.15) is 64.6 Å². The molecule has 9 heteroatoms. The van der Waals surface area contributed by atoms with Crippen LogP contribution >= 0.6 is 27.3 Å². The molecule has 4 rings (SSSR count). The van der Waals surface area contributed by atoms with E-state index in [0.29, 0.717) is 22.9 Å². The van der Waals surface area contributed by atoms with Gasteiger partial charge in [0.1, 0.15) is 0 Å². The summed E-state index contributed by atoms with van der Waals surface area (Å²) in [5.74, 6) is 0.587. The molecule has 3 heterocycles. The van der Waals surface area contributed by atoms with Crippen molar-refractivity contribution < 1.29 is 14.4 Å². The van der Waals surface area contributed by atoms with Crippen LogP contribution in [-0.2, 0) is 4.79 Å². The van der Waals surface area contributed by atoms with E-state index in [1.54, 1.807) is 11.0 Å². The molecule has 1 aromatic carbocycles. The number of piperidine rings is 1. The number of hydrogen-bond donors (Lipinski definition) is 2. The molecule has 2 N–H and O–H groups in total. The zero-order chi connectivity index (χ0) is 25.7.